The molecule has 0 radical (unpaired) electrons. The fourth-order valence-electron chi connectivity index (χ4n) is 3.48. The van der Waals surface area contributed by atoms with Crippen molar-refractivity contribution < 1.29 is 9.90 Å². The Kier molecular flexibility index (Phi) is 2.77. The van der Waals surface area contributed by atoms with Gasteiger partial charge in [0.25, 0.3) is 0 Å². The van der Waals surface area contributed by atoms with Crippen molar-refractivity contribution in [3.63, 3.8) is 0 Å². The van der Waals surface area contributed by atoms with Crippen molar-refractivity contribution >= 4 is 5.91 Å². The zero-order chi connectivity index (χ0) is 14.3. The zero-order valence-electron chi connectivity index (χ0n) is 10.6. The molecule has 1 saturated heterocycles. The molecule has 2 fully saturated rings. The van der Waals surface area contributed by atoms with E-state index in [1.807, 2.05) is 25.1 Å². The highest BCUT2D eigenvalue weighted by Crippen LogP contribution is 2.60. The van der Waals surface area contributed by atoms with Crippen molar-refractivity contribution in [3.8, 4) is 18.2 Å². The van der Waals surface area contributed by atoms with Gasteiger partial charge in [0, 0.05) is 12.8 Å². The molecule has 2 bridgehead atoms. The lowest BCUT2D eigenvalue weighted by Crippen LogP contribution is -2.53. The van der Waals surface area contributed by atoms with Gasteiger partial charge >= 0.3 is 0 Å². The molecule has 0 aromatic carbocycles. The van der Waals surface area contributed by atoms with Gasteiger partial charge in [0.15, 0.2) is 10.8 Å². The van der Waals surface area contributed by atoms with Crippen LogP contribution in [-0.4, -0.2) is 16.7 Å². The summed E-state index contributed by atoms with van der Waals surface area (Å²) >= 11 is 0. The molecule has 2 N–H and O–H groups in total. The van der Waals surface area contributed by atoms with Crippen LogP contribution in [-0.2, 0) is 4.79 Å². The molecule has 2 rings (SSSR count). The van der Waals surface area contributed by atoms with Crippen LogP contribution in [0.5, 0.6) is 0 Å². The van der Waals surface area contributed by atoms with Crippen molar-refractivity contribution in [1.82, 2.24) is 5.32 Å². The zero-order valence-corrected chi connectivity index (χ0v) is 10.6. The number of carbonyl (C=O) groups excluding carboxylic acids is 1. The quantitative estimate of drug-likeness (QED) is 0.749. The Balaban J connectivity index is 2.66. The third-order valence-electron chi connectivity index (χ3n) is 4.34. The van der Waals surface area contributed by atoms with Crippen molar-refractivity contribution in [2.75, 3.05) is 0 Å². The van der Waals surface area contributed by atoms with Crippen LogP contribution in [0.2, 0.25) is 0 Å². The summed E-state index contributed by atoms with van der Waals surface area (Å²) in [6.07, 6.45) is 1.16. The van der Waals surface area contributed by atoms with Gasteiger partial charge in [-0.05, 0) is 12.3 Å². The van der Waals surface area contributed by atoms with Gasteiger partial charge in [-0.25, -0.2) is 0 Å². The maximum absolute atomic E-state index is 12.1. The van der Waals surface area contributed by atoms with Crippen LogP contribution in [0.4, 0.5) is 0 Å². The first kappa shape index (κ1) is 13.3. The van der Waals surface area contributed by atoms with Gasteiger partial charge < -0.3 is 10.4 Å². The molecule has 19 heavy (non-hydrogen) atoms. The van der Waals surface area contributed by atoms with Crippen molar-refractivity contribution in [2.24, 2.45) is 16.7 Å². The number of nitrogens with one attached hydrogen (secondary N) is 1. The highest BCUT2D eigenvalue weighted by atomic mass is 16.3. The number of hydrogen-bond acceptors (Lipinski definition) is 5. The lowest BCUT2D eigenvalue weighted by atomic mass is 9.52. The summed E-state index contributed by atoms with van der Waals surface area (Å²) < 4.78 is 0. The fourth-order valence-corrected chi connectivity index (χ4v) is 3.48. The number of rotatable bonds is 2. The van der Waals surface area contributed by atoms with Crippen LogP contribution in [0.1, 0.15) is 32.6 Å². The summed E-state index contributed by atoms with van der Waals surface area (Å²) in [7, 11) is 0. The van der Waals surface area contributed by atoms with Crippen LogP contribution in [0.15, 0.2) is 0 Å². The number of fused-ring (bicyclic) bond motifs is 2. The van der Waals surface area contributed by atoms with E-state index in [9.17, 15) is 25.7 Å². The molecular formula is C13H14N4O2. The monoisotopic (exact) mass is 258 g/mol. The summed E-state index contributed by atoms with van der Waals surface area (Å²) in [5.41, 5.74) is -4.93. The van der Waals surface area contributed by atoms with E-state index in [0.717, 1.165) is 0 Å². The third-order valence-corrected chi connectivity index (χ3v) is 4.34. The number of nitrogens with zero attached hydrogens (tertiary/aromatic N) is 3. The standard InChI is InChI=1S/C13H14N4O2/c1-2-3-9-4-13(19)5-11(6-14,10(18)17-13)12(9,7-15)8-16/h9,19H,2-5H2,1H3,(H,17,18)/t9-,11-,13-/m0/s1. The predicted octanol–water partition coefficient (Wildman–Crippen LogP) is 0.558. The van der Waals surface area contributed by atoms with E-state index in [4.69, 9.17) is 0 Å². The summed E-state index contributed by atoms with van der Waals surface area (Å²) in [6.45, 7) is 1.90. The Morgan fingerprint density at radius 1 is 1.37 bits per heavy atom. The Bertz CT molecular complexity index is 538. The molecule has 1 saturated carbocycles. The first-order chi connectivity index (χ1) is 8.93. The predicted molar refractivity (Wildman–Crippen MR) is 62.4 cm³/mol. The Hall–Kier alpha value is -2.10. The van der Waals surface area contributed by atoms with E-state index in [2.05, 4.69) is 5.32 Å². The van der Waals surface area contributed by atoms with E-state index < -0.39 is 28.4 Å². The van der Waals surface area contributed by atoms with Crippen LogP contribution in [0.3, 0.4) is 0 Å². The maximum Gasteiger partial charge on any atom is 0.245 e. The Labute approximate surface area is 111 Å². The second kappa shape index (κ2) is 3.95. The summed E-state index contributed by atoms with van der Waals surface area (Å²) in [6, 6.07) is 5.67. The molecule has 0 spiro atoms. The summed E-state index contributed by atoms with van der Waals surface area (Å²) in [5, 5.41) is 41.1. The molecule has 6 nitrogen and oxygen atoms in total. The van der Waals surface area contributed by atoms with Gasteiger partial charge in [0.1, 0.15) is 5.72 Å². The number of hydrogen-bond donors (Lipinski definition) is 2. The van der Waals surface area contributed by atoms with Crippen LogP contribution in [0.25, 0.3) is 0 Å². The molecule has 3 atom stereocenters. The third kappa shape index (κ3) is 1.40. The van der Waals surface area contributed by atoms with Crippen molar-refractivity contribution in [1.29, 1.82) is 15.8 Å². The fraction of sp³-hybridized carbons (Fsp3) is 0.692. The SMILES string of the molecule is CCC[C@H]1C[C@]2(O)C[C@](C#N)(C(=O)N2)C1(C#N)C#N. The van der Waals surface area contributed by atoms with E-state index in [-0.39, 0.29) is 12.8 Å². The van der Waals surface area contributed by atoms with Crippen LogP contribution in [0, 0.1) is 50.7 Å². The average molecular weight is 258 g/mol. The highest BCUT2D eigenvalue weighted by molar-refractivity contribution is 5.91. The van der Waals surface area contributed by atoms with Crippen LogP contribution < -0.4 is 5.32 Å². The first-order valence-corrected chi connectivity index (χ1v) is 6.22. The largest absolute Gasteiger partial charge is 0.371 e. The van der Waals surface area contributed by atoms with E-state index >= 15 is 0 Å². The van der Waals surface area contributed by atoms with Crippen molar-refractivity contribution in [3.05, 3.63) is 0 Å². The topological polar surface area (TPSA) is 121 Å². The van der Waals surface area contributed by atoms with Gasteiger partial charge in [-0.2, -0.15) is 15.8 Å². The van der Waals surface area contributed by atoms with Crippen molar-refractivity contribution in [2.45, 2.75) is 38.3 Å². The highest BCUT2D eigenvalue weighted by Gasteiger charge is 2.73. The van der Waals surface area contributed by atoms with E-state index in [0.29, 0.717) is 12.8 Å². The minimum absolute atomic E-state index is 0.136. The molecule has 0 aromatic rings. The van der Waals surface area contributed by atoms with Gasteiger partial charge in [-0.3, -0.25) is 4.79 Å². The van der Waals surface area contributed by atoms with Gasteiger partial charge in [-0.1, -0.05) is 13.3 Å². The maximum atomic E-state index is 12.1. The first-order valence-electron chi connectivity index (χ1n) is 6.22. The molecule has 1 aliphatic heterocycles. The number of carbonyl (C=O) groups is 1. The Morgan fingerprint density at radius 3 is 2.47 bits per heavy atom. The second-order valence-corrected chi connectivity index (χ2v) is 5.40. The normalized spacial score (nSPS) is 38.7. The van der Waals surface area contributed by atoms with Gasteiger partial charge in [0.05, 0.1) is 18.2 Å². The van der Waals surface area contributed by atoms with Crippen LogP contribution >= 0.6 is 0 Å². The molecule has 1 aliphatic carbocycles. The summed E-state index contributed by atoms with van der Waals surface area (Å²) in [4.78, 5) is 12.1. The lowest BCUT2D eigenvalue weighted by molar-refractivity contribution is -0.128. The minimum Gasteiger partial charge on any atom is -0.371 e. The smallest absolute Gasteiger partial charge is 0.245 e. The molecule has 1 amide bonds. The molecule has 2 aliphatic rings. The number of aliphatic hydroxyl groups is 1. The molecule has 0 aromatic heterocycles. The van der Waals surface area contributed by atoms with Gasteiger partial charge in [0.2, 0.25) is 5.91 Å². The van der Waals surface area contributed by atoms with E-state index in [1.165, 1.54) is 0 Å². The van der Waals surface area contributed by atoms with E-state index in [1.54, 1.807) is 0 Å². The molecule has 6 heteroatoms. The Morgan fingerprint density at radius 2 is 2.00 bits per heavy atom. The number of amides is 1. The molecule has 1 heterocycles. The minimum atomic E-state index is -1.77. The molecular weight excluding hydrogens is 244 g/mol. The number of nitriles is 3. The molecule has 0 unspecified atom stereocenters. The average Bonchev–Trinajstić information content (AvgIpc) is 2.60. The summed E-state index contributed by atoms with van der Waals surface area (Å²) in [5.74, 6) is -1.20. The molecule has 98 valence electrons. The lowest BCUT2D eigenvalue weighted by Gasteiger charge is -2.43. The second-order valence-electron chi connectivity index (χ2n) is 5.40. The van der Waals surface area contributed by atoms with Gasteiger partial charge in [-0.15, -0.1) is 0 Å².